The van der Waals surface area contributed by atoms with E-state index in [0.717, 1.165) is 17.6 Å². The van der Waals surface area contributed by atoms with Crippen LogP contribution in [0.15, 0.2) is 29.5 Å². The molecule has 0 radical (unpaired) electrons. The van der Waals surface area contributed by atoms with Gasteiger partial charge in [0.1, 0.15) is 6.17 Å². The Morgan fingerprint density at radius 1 is 1.17 bits per heavy atom. The molecule has 1 unspecified atom stereocenters. The Balaban J connectivity index is 1.49. The van der Waals surface area contributed by atoms with Gasteiger partial charge in [0.15, 0.2) is 0 Å². The van der Waals surface area contributed by atoms with Gasteiger partial charge in [-0.05, 0) is 72.8 Å². The summed E-state index contributed by atoms with van der Waals surface area (Å²) in [5, 5.41) is 3.23. The zero-order valence-electron chi connectivity index (χ0n) is 16.7. The quantitative estimate of drug-likeness (QED) is 0.530. The van der Waals surface area contributed by atoms with Crippen LogP contribution in [-0.2, 0) is 0 Å². The Morgan fingerprint density at radius 2 is 1.93 bits per heavy atom. The molecule has 3 aliphatic carbocycles. The number of halogens is 4. The lowest BCUT2D eigenvalue weighted by atomic mass is 9.86. The topological polar surface area (TPSA) is 29.1 Å². The van der Waals surface area contributed by atoms with Gasteiger partial charge in [0.25, 0.3) is 5.91 Å². The molecule has 1 N–H and O–H groups in total. The number of hydrogen-bond acceptors (Lipinski definition) is 1. The Kier molecular flexibility index (Phi) is 6.13. The third-order valence-electron chi connectivity index (χ3n) is 6.48. The van der Waals surface area contributed by atoms with E-state index in [1.807, 2.05) is 24.3 Å². The SMILES string of the molecule is O=C(NCC1CCC(F)(F)CC1)c1c(Cl)ccc2c1C=CC(C1CC[C@H](F)C1)=C=C2. The largest absolute Gasteiger partial charge is 0.352 e. The lowest BCUT2D eigenvalue weighted by Gasteiger charge is -2.28. The van der Waals surface area contributed by atoms with Crippen LogP contribution in [0.1, 0.15) is 66.4 Å². The van der Waals surface area contributed by atoms with Gasteiger partial charge in [-0.2, -0.15) is 0 Å². The highest BCUT2D eigenvalue weighted by atomic mass is 35.5. The maximum absolute atomic E-state index is 13.6. The van der Waals surface area contributed by atoms with Crippen molar-refractivity contribution >= 4 is 29.7 Å². The van der Waals surface area contributed by atoms with Crippen molar-refractivity contribution in [3.05, 3.63) is 51.2 Å². The van der Waals surface area contributed by atoms with Gasteiger partial charge >= 0.3 is 0 Å². The van der Waals surface area contributed by atoms with Crippen molar-refractivity contribution in [3.63, 3.8) is 0 Å². The van der Waals surface area contributed by atoms with Crippen LogP contribution in [0, 0.1) is 11.8 Å². The molecule has 0 saturated heterocycles. The zero-order valence-corrected chi connectivity index (χ0v) is 17.5. The Bertz CT molecular complexity index is 923. The van der Waals surface area contributed by atoms with Gasteiger partial charge in [-0.25, -0.2) is 13.2 Å². The van der Waals surface area contributed by atoms with Crippen LogP contribution < -0.4 is 5.32 Å². The molecule has 2 nitrogen and oxygen atoms in total. The Hall–Kier alpha value is -1.97. The van der Waals surface area contributed by atoms with E-state index in [4.69, 9.17) is 11.6 Å². The van der Waals surface area contributed by atoms with Crippen LogP contribution in [0.4, 0.5) is 13.2 Å². The molecule has 2 fully saturated rings. The first-order valence-electron chi connectivity index (χ1n) is 10.6. The predicted octanol–water partition coefficient (Wildman–Crippen LogP) is 6.60. The summed E-state index contributed by atoms with van der Waals surface area (Å²) in [7, 11) is 0. The standard InChI is InChI=1S/C24H25ClF3NO/c25-21-8-5-17-2-1-16(18-3-6-19(26)13-18)4-7-20(17)22(21)23(30)29-14-15-9-11-24(27,28)12-10-15/h2,4-5,7-8,15,18-19H,3,6,9-14H2,(H,29,30)/t18?,19-/m0/s1. The molecule has 0 aromatic heterocycles. The number of carbonyl (C=O) groups is 1. The monoisotopic (exact) mass is 435 g/mol. The van der Waals surface area contributed by atoms with Crippen LogP contribution in [0.5, 0.6) is 0 Å². The summed E-state index contributed by atoms with van der Waals surface area (Å²) in [6, 6.07) is 3.52. The molecule has 2 saturated carbocycles. The molecular formula is C24H25ClF3NO. The van der Waals surface area contributed by atoms with Crippen molar-refractivity contribution in [1.29, 1.82) is 0 Å². The number of fused-ring (bicyclic) bond motifs is 1. The van der Waals surface area contributed by atoms with Gasteiger partial charge in [0, 0.05) is 19.4 Å². The molecule has 2 atom stereocenters. The predicted molar refractivity (Wildman–Crippen MR) is 113 cm³/mol. The highest BCUT2D eigenvalue weighted by Gasteiger charge is 2.35. The number of amides is 1. The summed E-state index contributed by atoms with van der Waals surface area (Å²) in [5.74, 6) is -2.70. The summed E-state index contributed by atoms with van der Waals surface area (Å²) in [6.45, 7) is 0.359. The molecule has 1 aromatic rings. The van der Waals surface area contributed by atoms with Gasteiger partial charge < -0.3 is 5.32 Å². The third kappa shape index (κ3) is 4.68. The first kappa shape index (κ1) is 21.3. The molecule has 30 heavy (non-hydrogen) atoms. The number of hydrogen-bond donors (Lipinski definition) is 1. The van der Waals surface area contributed by atoms with Crippen molar-refractivity contribution in [1.82, 2.24) is 5.32 Å². The number of benzene rings is 1. The highest BCUT2D eigenvalue weighted by molar-refractivity contribution is 6.34. The summed E-state index contributed by atoms with van der Waals surface area (Å²) < 4.78 is 40.3. The van der Waals surface area contributed by atoms with Gasteiger partial charge in [-0.1, -0.05) is 29.8 Å². The summed E-state index contributed by atoms with van der Waals surface area (Å²) in [4.78, 5) is 12.9. The fourth-order valence-electron chi connectivity index (χ4n) is 4.62. The summed E-state index contributed by atoms with van der Waals surface area (Å²) in [5.41, 5.74) is 6.11. The van der Waals surface area contributed by atoms with E-state index in [-0.39, 0.29) is 30.6 Å². The molecule has 160 valence electrons. The van der Waals surface area contributed by atoms with Crippen molar-refractivity contribution in [3.8, 4) is 0 Å². The van der Waals surface area contributed by atoms with E-state index < -0.39 is 12.1 Å². The minimum absolute atomic E-state index is 0.0504. The van der Waals surface area contributed by atoms with Gasteiger partial charge in [-0.3, -0.25) is 4.79 Å². The molecule has 3 aliphatic rings. The minimum atomic E-state index is -2.58. The molecule has 1 amide bonds. The third-order valence-corrected chi connectivity index (χ3v) is 6.79. The zero-order chi connectivity index (χ0) is 21.3. The second kappa shape index (κ2) is 8.64. The fraction of sp³-hybridized carbons (Fsp3) is 0.500. The maximum atomic E-state index is 13.6. The molecular weight excluding hydrogens is 411 g/mol. The van der Waals surface area contributed by atoms with Crippen molar-refractivity contribution < 1.29 is 18.0 Å². The van der Waals surface area contributed by atoms with E-state index in [9.17, 15) is 18.0 Å². The van der Waals surface area contributed by atoms with Gasteiger partial charge in [-0.15, -0.1) is 5.73 Å². The number of alkyl halides is 3. The lowest BCUT2D eigenvalue weighted by Crippen LogP contribution is -2.34. The molecule has 0 spiro atoms. The van der Waals surface area contributed by atoms with Gasteiger partial charge in [0.05, 0.1) is 10.6 Å². The number of allylic oxidation sites excluding steroid dienone is 2. The molecule has 0 heterocycles. The molecule has 4 rings (SSSR count). The average molecular weight is 436 g/mol. The Labute approximate surface area is 179 Å². The maximum Gasteiger partial charge on any atom is 0.253 e. The summed E-state index contributed by atoms with van der Waals surface area (Å²) >= 11 is 6.37. The van der Waals surface area contributed by atoms with Crippen LogP contribution in [-0.4, -0.2) is 24.5 Å². The van der Waals surface area contributed by atoms with Gasteiger partial charge in [0.2, 0.25) is 5.92 Å². The second-order valence-corrected chi connectivity index (χ2v) is 9.03. The number of rotatable bonds is 4. The van der Waals surface area contributed by atoms with Crippen molar-refractivity contribution in [2.75, 3.05) is 6.54 Å². The molecule has 0 aliphatic heterocycles. The van der Waals surface area contributed by atoms with Crippen LogP contribution >= 0.6 is 11.6 Å². The first-order chi connectivity index (χ1) is 14.3. The Morgan fingerprint density at radius 3 is 2.63 bits per heavy atom. The van der Waals surface area contributed by atoms with E-state index in [1.54, 1.807) is 6.07 Å². The van der Waals surface area contributed by atoms with Crippen LogP contribution in [0.25, 0.3) is 12.2 Å². The molecule has 1 aromatic carbocycles. The first-order valence-corrected chi connectivity index (χ1v) is 11.0. The van der Waals surface area contributed by atoms with Crippen LogP contribution in [0.3, 0.4) is 0 Å². The van der Waals surface area contributed by atoms with Crippen LogP contribution in [0.2, 0.25) is 5.02 Å². The highest BCUT2D eigenvalue weighted by Crippen LogP contribution is 2.37. The van der Waals surface area contributed by atoms with E-state index in [1.165, 1.54) is 0 Å². The normalized spacial score (nSPS) is 25.5. The molecule has 6 heteroatoms. The van der Waals surface area contributed by atoms with E-state index in [2.05, 4.69) is 11.0 Å². The second-order valence-electron chi connectivity index (χ2n) is 8.62. The van der Waals surface area contributed by atoms with Crippen molar-refractivity contribution in [2.24, 2.45) is 11.8 Å². The fourth-order valence-corrected chi connectivity index (χ4v) is 4.87. The summed E-state index contributed by atoms with van der Waals surface area (Å²) in [6.07, 6.45) is 7.25. The lowest BCUT2D eigenvalue weighted by molar-refractivity contribution is -0.0452. The average Bonchev–Trinajstić information content (AvgIpc) is 3.02. The number of nitrogens with one attached hydrogen (secondary N) is 1. The van der Waals surface area contributed by atoms with E-state index >= 15 is 0 Å². The van der Waals surface area contributed by atoms with Crippen molar-refractivity contribution in [2.45, 2.75) is 57.0 Å². The van der Waals surface area contributed by atoms with E-state index in [0.29, 0.717) is 48.4 Å². The number of carbonyl (C=O) groups excluding carboxylic acids is 1. The molecule has 0 bridgehead atoms. The smallest absolute Gasteiger partial charge is 0.253 e. The minimum Gasteiger partial charge on any atom is -0.352 e.